The predicted octanol–water partition coefficient (Wildman–Crippen LogP) is 2.89. The number of carboxylic acids is 2. The molecule has 0 bridgehead atoms. The molecule has 0 radical (unpaired) electrons. The van der Waals surface area contributed by atoms with Gasteiger partial charge in [-0.2, -0.15) is 0 Å². The molecule has 0 aliphatic carbocycles. The van der Waals surface area contributed by atoms with Crippen molar-refractivity contribution in [3.63, 3.8) is 0 Å². The maximum atomic E-state index is 13.6. The van der Waals surface area contributed by atoms with Crippen LogP contribution in [0, 0.1) is 5.82 Å². The first-order valence-corrected chi connectivity index (χ1v) is 5.36. The predicted molar refractivity (Wildman–Crippen MR) is 65.8 cm³/mol. The van der Waals surface area contributed by atoms with Crippen molar-refractivity contribution in [2.45, 2.75) is 0 Å². The second kappa shape index (κ2) is 4.89. The summed E-state index contributed by atoms with van der Waals surface area (Å²) in [5, 5.41) is 17.8. The molecule has 0 atom stereocenters. The van der Waals surface area contributed by atoms with Gasteiger partial charge in [0.15, 0.2) is 0 Å². The SMILES string of the molecule is O=C(O)c1ccc(-c2ccccc2C(=O)O)cc1F. The molecule has 2 aromatic carbocycles. The number of rotatable bonds is 3. The standard InChI is InChI=1S/C14H9FO4/c15-12-7-8(5-6-11(12)14(18)19)9-3-1-2-4-10(9)13(16)17/h1-7H,(H,16,17)(H,18,19). The lowest BCUT2D eigenvalue weighted by Crippen LogP contribution is -2.02. The van der Waals surface area contributed by atoms with Gasteiger partial charge in [0.2, 0.25) is 0 Å². The fourth-order valence-electron chi connectivity index (χ4n) is 1.78. The summed E-state index contributed by atoms with van der Waals surface area (Å²) in [6, 6.07) is 9.66. The summed E-state index contributed by atoms with van der Waals surface area (Å²) in [7, 11) is 0. The molecule has 0 amide bonds. The van der Waals surface area contributed by atoms with Crippen LogP contribution in [0.5, 0.6) is 0 Å². The number of hydrogen-bond donors (Lipinski definition) is 2. The summed E-state index contributed by atoms with van der Waals surface area (Å²) in [5.41, 5.74) is 0.243. The van der Waals surface area contributed by atoms with E-state index in [1.54, 1.807) is 18.2 Å². The molecule has 2 aromatic rings. The van der Waals surface area contributed by atoms with Gasteiger partial charge in [-0.25, -0.2) is 14.0 Å². The van der Waals surface area contributed by atoms with Crippen LogP contribution in [0.15, 0.2) is 42.5 Å². The number of hydrogen-bond acceptors (Lipinski definition) is 2. The smallest absolute Gasteiger partial charge is 0.338 e. The second-order valence-electron chi connectivity index (χ2n) is 3.85. The van der Waals surface area contributed by atoms with E-state index in [1.165, 1.54) is 12.1 Å². The third-order valence-electron chi connectivity index (χ3n) is 2.67. The van der Waals surface area contributed by atoms with Gasteiger partial charge in [0.1, 0.15) is 5.82 Å². The zero-order valence-electron chi connectivity index (χ0n) is 9.63. The van der Waals surface area contributed by atoms with Crippen LogP contribution in [0.4, 0.5) is 4.39 Å². The van der Waals surface area contributed by atoms with Gasteiger partial charge >= 0.3 is 11.9 Å². The van der Waals surface area contributed by atoms with Crippen LogP contribution in [-0.2, 0) is 0 Å². The number of aromatic carboxylic acids is 2. The lowest BCUT2D eigenvalue weighted by molar-refractivity contribution is 0.0683. The molecule has 96 valence electrons. The maximum Gasteiger partial charge on any atom is 0.338 e. The monoisotopic (exact) mass is 260 g/mol. The molecule has 0 aliphatic rings. The Balaban J connectivity index is 2.57. The summed E-state index contributed by atoms with van der Waals surface area (Å²) in [6.45, 7) is 0. The first-order chi connectivity index (χ1) is 9.00. The molecular formula is C14H9FO4. The number of carboxylic acid groups (broad SMARTS) is 2. The molecule has 0 unspecified atom stereocenters. The van der Waals surface area contributed by atoms with Gasteiger partial charge in [-0.15, -0.1) is 0 Å². The quantitative estimate of drug-likeness (QED) is 0.889. The average molecular weight is 260 g/mol. The highest BCUT2D eigenvalue weighted by Crippen LogP contribution is 2.25. The van der Waals surface area contributed by atoms with E-state index in [2.05, 4.69) is 0 Å². The van der Waals surface area contributed by atoms with E-state index in [9.17, 15) is 14.0 Å². The molecule has 0 fully saturated rings. The fraction of sp³-hybridized carbons (Fsp3) is 0. The normalized spacial score (nSPS) is 10.2. The zero-order chi connectivity index (χ0) is 14.0. The molecule has 19 heavy (non-hydrogen) atoms. The van der Waals surface area contributed by atoms with Gasteiger partial charge in [0.05, 0.1) is 11.1 Å². The Morgan fingerprint density at radius 3 is 2.11 bits per heavy atom. The molecule has 0 spiro atoms. The van der Waals surface area contributed by atoms with Gasteiger partial charge in [0, 0.05) is 0 Å². The zero-order valence-corrected chi connectivity index (χ0v) is 9.63. The summed E-state index contributed by atoms with van der Waals surface area (Å²) in [5.74, 6) is -3.39. The molecule has 0 aromatic heterocycles. The molecule has 2 rings (SSSR count). The lowest BCUT2D eigenvalue weighted by Gasteiger charge is -2.07. The second-order valence-corrected chi connectivity index (χ2v) is 3.85. The van der Waals surface area contributed by atoms with Crippen LogP contribution in [0.1, 0.15) is 20.7 Å². The highest BCUT2D eigenvalue weighted by Gasteiger charge is 2.14. The Labute approximate surface area is 107 Å². The molecule has 4 nitrogen and oxygen atoms in total. The van der Waals surface area contributed by atoms with Gasteiger partial charge in [-0.1, -0.05) is 24.3 Å². The van der Waals surface area contributed by atoms with Crippen LogP contribution >= 0.6 is 0 Å². The van der Waals surface area contributed by atoms with Crippen molar-refractivity contribution in [3.05, 3.63) is 59.4 Å². The van der Waals surface area contributed by atoms with E-state index in [-0.39, 0.29) is 5.56 Å². The summed E-state index contributed by atoms with van der Waals surface area (Å²) < 4.78 is 13.6. The van der Waals surface area contributed by atoms with Gasteiger partial charge < -0.3 is 10.2 Å². The van der Waals surface area contributed by atoms with E-state index < -0.39 is 23.3 Å². The Kier molecular flexibility index (Phi) is 3.29. The molecule has 0 saturated carbocycles. The number of halogens is 1. The van der Waals surface area contributed by atoms with E-state index in [0.717, 1.165) is 12.1 Å². The van der Waals surface area contributed by atoms with Crippen molar-refractivity contribution in [2.24, 2.45) is 0 Å². The van der Waals surface area contributed by atoms with Crippen molar-refractivity contribution in [2.75, 3.05) is 0 Å². The Bertz CT molecular complexity index is 664. The molecular weight excluding hydrogens is 251 g/mol. The van der Waals surface area contributed by atoms with Crippen molar-refractivity contribution < 1.29 is 24.2 Å². The third-order valence-corrected chi connectivity index (χ3v) is 2.67. The summed E-state index contributed by atoms with van der Waals surface area (Å²) in [4.78, 5) is 21.8. The van der Waals surface area contributed by atoms with Crippen LogP contribution in [0.2, 0.25) is 0 Å². The third kappa shape index (κ3) is 2.44. The van der Waals surface area contributed by atoms with Gasteiger partial charge in [0.25, 0.3) is 0 Å². The van der Waals surface area contributed by atoms with Crippen LogP contribution in [-0.4, -0.2) is 22.2 Å². The lowest BCUT2D eigenvalue weighted by atomic mass is 9.98. The number of benzene rings is 2. The van der Waals surface area contributed by atoms with E-state index in [1.807, 2.05) is 0 Å². The molecule has 2 N–H and O–H groups in total. The van der Waals surface area contributed by atoms with E-state index >= 15 is 0 Å². The van der Waals surface area contributed by atoms with Gasteiger partial charge in [-0.3, -0.25) is 0 Å². The maximum absolute atomic E-state index is 13.6. The largest absolute Gasteiger partial charge is 0.478 e. The van der Waals surface area contributed by atoms with Gasteiger partial charge in [-0.05, 0) is 29.3 Å². The molecule has 0 aliphatic heterocycles. The van der Waals surface area contributed by atoms with E-state index in [0.29, 0.717) is 11.1 Å². The van der Waals surface area contributed by atoms with Crippen LogP contribution in [0.3, 0.4) is 0 Å². The molecule has 0 saturated heterocycles. The van der Waals surface area contributed by atoms with Crippen LogP contribution in [0.25, 0.3) is 11.1 Å². The topological polar surface area (TPSA) is 74.6 Å². The van der Waals surface area contributed by atoms with E-state index in [4.69, 9.17) is 10.2 Å². The van der Waals surface area contributed by atoms with Crippen molar-refractivity contribution in [1.82, 2.24) is 0 Å². The molecule has 0 heterocycles. The van der Waals surface area contributed by atoms with Crippen LogP contribution < -0.4 is 0 Å². The number of carbonyl (C=O) groups is 2. The Morgan fingerprint density at radius 2 is 1.53 bits per heavy atom. The van der Waals surface area contributed by atoms with Crippen molar-refractivity contribution in [1.29, 1.82) is 0 Å². The Hall–Kier alpha value is -2.69. The summed E-state index contributed by atoms with van der Waals surface area (Å²) in [6.07, 6.45) is 0. The van der Waals surface area contributed by atoms with Crippen molar-refractivity contribution >= 4 is 11.9 Å². The minimum absolute atomic E-state index is 0.0324. The minimum atomic E-state index is -1.37. The van der Waals surface area contributed by atoms with Crippen molar-refractivity contribution in [3.8, 4) is 11.1 Å². The minimum Gasteiger partial charge on any atom is -0.478 e. The highest BCUT2D eigenvalue weighted by molar-refractivity contribution is 5.96. The summed E-state index contributed by atoms with van der Waals surface area (Å²) >= 11 is 0. The highest BCUT2D eigenvalue weighted by atomic mass is 19.1. The fourth-order valence-corrected chi connectivity index (χ4v) is 1.78. The first kappa shape index (κ1) is 12.8. The molecule has 5 heteroatoms. The Morgan fingerprint density at radius 1 is 0.895 bits per heavy atom. The first-order valence-electron chi connectivity index (χ1n) is 5.36. The average Bonchev–Trinajstić information content (AvgIpc) is 2.38.